The molecule has 1 saturated carbocycles. The summed E-state index contributed by atoms with van der Waals surface area (Å²) in [4.78, 5) is 13.4. The van der Waals surface area contributed by atoms with Crippen molar-refractivity contribution in [1.82, 2.24) is 5.32 Å². The maximum atomic E-state index is 13.5. The zero-order valence-corrected chi connectivity index (χ0v) is 19.0. The van der Waals surface area contributed by atoms with Gasteiger partial charge in [-0.15, -0.1) is 0 Å². The molecule has 3 aromatic rings. The third-order valence-corrected chi connectivity index (χ3v) is 6.45. The highest BCUT2D eigenvalue weighted by molar-refractivity contribution is 5.99. The van der Waals surface area contributed by atoms with Crippen LogP contribution in [0.1, 0.15) is 54.1 Å². The molecule has 0 spiro atoms. The van der Waals surface area contributed by atoms with Crippen LogP contribution in [0.25, 0.3) is 11.1 Å². The summed E-state index contributed by atoms with van der Waals surface area (Å²) in [7, 11) is 1.56. The third kappa shape index (κ3) is 5.59. The predicted octanol–water partition coefficient (Wildman–Crippen LogP) is 6.54. The zero-order chi connectivity index (χ0) is 23.4. The van der Waals surface area contributed by atoms with Crippen molar-refractivity contribution in [1.29, 1.82) is 0 Å². The second kappa shape index (κ2) is 10.2. The number of carbonyl (C=O) groups excluding carboxylic acids is 1. The van der Waals surface area contributed by atoms with Gasteiger partial charge < -0.3 is 10.1 Å². The van der Waals surface area contributed by atoms with Crippen molar-refractivity contribution in [2.24, 2.45) is 5.92 Å². The first-order chi connectivity index (χ1) is 15.9. The van der Waals surface area contributed by atoms with Gasteiger partial charge in [-0.1, -0.05) is 31.2 Å². The molecule has 0 heterocycles. The fourth-order valence-electron chi connectivity index (χ4n) is 4.53. The van der Waals surface area contributed by atoms with E-state index in [0.717, 1.165) is 47.9 Å². The quantitative estimate of drug-likeness (QED) is 0.464. The molecule has 3 aromatic carbocycles. The van der Waals surface area contributed by atoms with Gasteiger partial charge in [0.2, 0.25) is 0 Å². The van der Waals surface area contributed by atoms with Crippen LogP contribution in [0.5, 0.6) is 5.75 Å². The molecule has 3 nitrogen and oxygen atoms in total. The minimum absolute atomic E-state index is 0.147. The summed E-state index contributed by atoms with van der Waals surface area (Å²) >= 11 is 0. The normalized spacial score (nSPS) is 18.1. The second-order valence-corrected chi connectivity index (χ2v) is 8.96. The van der Waals surface area contributed by atoms with Crippen LogP contribution in [0, 0.1) is 17.6 Å². The fourth-order valence-corrected chi connectivity index (χ4v) is 4.53. The van der Waals surface area contributed by atoms with E-state index < -0.39 is 0 Å². The van der Waals surface area contributed by atoms with Crippen molar-refractivity contribution in [2.45, 2.75) is 45.1 Å². The highest BCUT2D eigenvalue weighted by atomic mass is 19.1. The van der Waals surface area contributed by atoms with E-state index in [-0.39, 0.29) is 23.6 Å². The Morgan fingerprint density at radius 1 is 0.909 bits per heavy atom. The molecule has 1 amide bonds. The second-order valence-electron chi connectivity index (χ2n) is 8.96. The molecule has 1 aliphatic carbocycles. The van der Waals surface area contributed by atoms with Crippen LogP contribution in [0.2, 0.25) is 0 Å². The van der Waals surface area contributed by atoms with E-state index in [0.29, 0.717) is 23.7 Å². The van der Waals surface area contributed by atoms with Gasteiger partial charge in [0.25, 0.3) is 5.91 Å². The van der Waals surface area contributed by atoms with E-state index in [4.69, 9.17) is 4.74 Å². The van der Waals surface area contributed by atoms with E-state index in [1.54, 1.807) is 37.4 Å². The topological polar surface area (TPSA) is 38.3 Å². The first-order valence-electron chi connectivity index (χ1n) is 11.4. The predicted molar refractivity (Wildman–Crippen MR) is 126 cm³/mol. The Morgan fingerprint density at radius 2 is 1.52 bits per heavy atom. The molecule has 0 unspecified atom stereocenters. The van der Waals surface area contributed by atoms with Gasteiger partial charge in [-0.05, 0) is 90.3 Å². The molecule has 4 rings (SSSR count). The first kappa shape index (κ1) is 23.0. The molecule has 0 bridgehead atoms. The Kier molecular flexibility index (Phi) is 7.07. The van der Waals surface area contributed by atoms with Gasteiger partial charge in [-0.25, -0.2) is 8.78 Å². The van der Waals surface area contributed by atoms with Gasteiger partial charge in [-0.2, -0.15) is 0 Å². The smallest absolute Gasteiger partial charge is 0.255 e. The molecule has 1 aliphatic rings. The molecule has 0 aromatic heterocycles. The van der Waals surface area contributed by atoms with Crippen LogP contribution in [0.15, 0.2) is 60.7 Å². The number of hydrogen-bond donors (Lipinski definition) is 1. The summed E-state index contributed by atoms with van der Waals surface area (Å²) in [5.41, 5.74) is 3.78. The van der Waals surface area contributed by atoms with Crippen molar-refractivity contribution in [2.75, 3.05) is 7.11 Å². The molecule has 5 heteroatoms. The van der Waals surface area contributed by atoms with E-state index in [2.05, 4.69) is 12.2 Å². The van der Waals surface area contributed by atoms with Crippen LogP contribution < -0.4 is 10.1 Å². The average Bonchev–Trinajstić information content (AvgIpc) is 2.82. The average molecular weight is 450 g/mol. The summed E-state index contributed by atoms with van der Waals surface area (Å²) in [6.07, 6.45) is 4.62. The molecule has 172 valence electrons. The number of amides is 1. The maximum absolute atomic E-state index is 13.5. The van der Waals surface area contributed by atoms with Gasteiger partial charge in [0, 0.05) is 12.5 Å². The molecule has 33 heavy (non-hydrogen) atoms. The minimum atomic E-state index is -0.316. The highest BCUT2D eigenvalue weighted by Crippen LogP contribution is 2.33. The molecular weight excluding hydrogens is 420 g/mol. The molecule has 0 aliphatic heterocycles. The molecule has 0 atom stereocenters. The zero-order valence-electron chi connectivity index (χ0n) is 19.0. The Morgan fingerprint density at radius 3 is 2.12 bits per heavy atom. The number of nitrogens with one attached hydrogen (secondary N) is 1. The number of carbonyl (C=O) groups is 1. The Hall–Kier alpha value is -3.21. The summed E-state index contributed by atoms with van der Waals surface area (Å²) in [6, 6.07) is 16.4. The van der Waals surface area contributed by atoms with Crippen molar-refractivity contribution in [3.63, 3.8) is 0 Å². The van der Waals surface area contributed by atoms with Crippen LogP contribution in [-0.2, 0) is 6.42 Å². The van der Waals surface area contributed by atoms with Crippen molar-refractivity contribution >= 4 is 5.91 Å². The van der Waals surface area contributed by atoms with Gasteiger partial charge in [0.05, 0.1) is 12.7 Å². The van der Waals surface area contributed by atoms with Crippen molar-refractivity contribution in [3.8, 4) is 16.9 Å². The van der Waals surface area contributed by atoms with E-state index in [1.807, 2.05) is 6.07 Å². The van der Waals surface area contributed by atoms with Crippen molar-refractivity contribution in [3.05, 3.63) is 89.0 Å². The van der Waals surface area contributed by atoms with Gasteiger partial charge in [0.1, 0.15) is 17.4 Å². The molecule has 1 fully saturated rings. The van der Waals surface area contributed by atoms with Gasteiger partial charge >= 0.3 is 0 Å². The monoisotopic (exact) mass is 449 g/mol. The maximum Gasteiger partial charge on any atom is 0.255 e. The lowest BCUT2D eigenvalue weighted by Crippen LogP contribution is -2.37. The van der Waals surface area contributed by atoms with E-state index in [1.165, 1.54) is 24.3 Å². The van der Waals surface area contributed by atoms with E-state index in [9.17, 15) is 13.6 Å². The van der Waals surface area contributed by atoms with Crippen LogP contribution >= 0.6 is 0 Å². The summed E-state index contributed by atoms with van der Waals surface area (Å²) in [6.45, 7) is 2.25. The third-order valence-electron chi connectivity index (χ3n) is 6.45. The standard InChI is InChI=1S/C28H29F2NO2/c1-18-3-13-25(14-4-18)31-28(32)26-17-21(20-7-11-24(30)12-8-20)16-22(27(26)33-2)15-19-5-9-23(29)10-6-19/h5-12,16-18,25H,3-4,13-15H2,1-2H3,(H,31,32). The number of ether oxygens (including phenoxy) is 1. The molecule has 1 N–H and O–H groups in total. The van der Waals surface area contributed by atoms with E-state index >= 15 is 0 Å². The number of methoxy groups -OCH3 is 1. The Balaban J connectivity index is 1.72. The number of rotatable bonds is 6. The lowest BCUT2D eigenvalue weighted by atomic mass is 9.87. The summed E-state index contributed by atoms with van der Waals surface area (Å²) < 4.78 is 32.6. The lowest BCUT2D eigenvalue weighted by molar-refractivity contribution is 0.0919. The molecule has 0 radical (unpaired) electrons. The Bertz CT molecular complexity index is 1100. The van der Waals surface area contributed by atoms with Gasteiger partial charge in [0.15, 0.2) is 0 Å². The van der Waals surface area contributed by atoms with Gasteiger partial charge in [-0.3, -0.25) is 4.79 Å². The largest absolute Gasteiger partial charge is 0.496 e. The fraction of sp³-hybridized carbons (Fsp3) is 0.321. The lowest BCUT2D eigenvalue weighted by Gasteiger charge is -2.27. The highest BCUT2D eigenvalue weighted by Gasteiger charge is 2.24. The molecule has 0 saturated heterocycles. The van der Waals surface area contributed by atoms with Crippen LogP contribution in [0.3, 0.4) is 0 Å². The first-order valence-corrected chi connectivity index (χ1v) is 11.4. The minimum Gasteiger partial charge on any atom is -0.496 e. The van der Waals surface area contributed by atoms with Crippen molar-refractivity contribution < 1.29 is 18.3 Å². The SMILES string of the molecule is COc1c(Cc2ccc(F)cc2)cc(-c2ccc(F)cc2)cc1C(=O)NC1CCC(C)CC1. The number of benzene rings is 3. The molecular formula is C28H29F2NO2. The summed E-state index contributed by atoms with van der Waals surface area (Å²) in [5, 5.41) is 3.19. The van der Waals surface area contributed by atoms with Crippen LogP contribution in [0.4, 0.5) is 8.78 Å². The number of halogens is 2. The Labute approximate surface area is 193 Å². The number of hydrogen-bond acceptors (Lipinski definition) is 2. The summed E-state index contributed by atoms with van der Waals surface area (Å²) in [5.74, 6) is 0.412. The van der Waals surface area contributed by atoms with Crippen LogP contribution in [-0.4, -0.2) is 19.1 Å².